The van der Waals surface area contributed by atoms with Gasteiger partial charge in [-0.05, 0) is 25.0 Å². The summed E-state index contributed by atoms with van der Waals surface area (Å²) >= 11 is 12.0. The molecular formula is C18H24Cl2N2O2. The number of benzene rings is 1. The largest absolute Gasteiger partial charge is 0.506 e. The molecule has 1 saturated carbocycles. The summed E-state index contributed by atoms with van der Waals surface area (Å²) < 4.78 is 5.51. The van der Waals surface area contributed by atoms with Crippen LogP contribution in [-0.4, -0.2) is 54.6 Å². The zero-order valence-electron chi connectivity index (χ0n) is 13.8. The molecule has 0 spiro atoms. The molecule has 0 aromatic heterocycles. The minimum absolute atomic E-state index is 0.0360. The number of phenols is 1. The second kappa shape index (κ2) is 8.05. The van der Waals surface area contributed by atoms with E-state index >= 15 is 0 Å². The van der Waals surface area contributed by atoms with E-state index in [0.29, 0.717) is 10.6 Å². The highest BCUT2D eigenvalue weighted by Crippen LogP contribution is 2.35. The third-order valence-electron chi connectivity index (χ3n) is 5.14. The van der Waals surface area contributed by atoms with E-state index in [1.165, 1.54) is 38.2 Å². The van der Waals surface area contributed by atoms with Crippen LogP contribution >= 0.6 is 23.2 Å². The highest BCUT2D eigenvalue weighted by molar-refractivity contribution is 6.36. The van der Waals surface area contributed by atoms with Crippen LogP contribution < -0.4 is 0 Å². The molecule has 0 radical (unpaired) electrons. The van der Waals surface area contributed by atoms with Crippen LogP contribution in [0.15, 0.2) is 17.1 Å². The molecule has 132 valence electrons. The molecule has 1 aromatic carbocycles. The van der Waals surface area contributed by atoms with Gasteiger partial charge in [0, 0.05) is 35.4 Å². The second-order valence-electron chi connectivity index (χ2n) is 6.68. The Morgan fingerprint density at radius 2 is 1.88 bits per heavy atom. The normalized spacial score (nSPS) is 22.1. The number of hydrogen-bond acceptors (Lipinski definition) is 4. The summed E-state index contributed by atoms with van der Waals surface area (Å²) in [5, 5.41) is 10.8. The first-order valence-electron chi connectivity index (χ1n) is 8.61. The summed E-state index contributed by atoms with van der Waals surface area (Å²) in [5.41, 5.74) is 0.691. The molecule has 1 saturated heterocycles. The van der Waals surface area contributed by atoms with E-state index in [9.17, 15) is 5.11 Å². The van der Waals surface area contributed by atoms with E-state index < -0.39 is 0 Å². The lowest BCUT2D eigenvalue weighted by Crippen LogP contribution is -2.56. The predicted octanol–water partition coefficient (Wildman–Crippen LogP) is 4.15. The first kappa shape index (κ1) is 18.0. The van der Waals surface area contributed by atoms with Crippen molar-refractivity contribution in [3.63, 3.8) is 0 Å². The van der Waals surface area contributed by atoms with E-state index in [2.05, 4.69) is 9.89 Å². The molecular weight excluding hydrogens is 347 g/mol. The van der Waals surface area contributed by atoms with Gasteiger partial charge in [-0.3, -0.25) is 9.89 Å². The van der Waals surface area contributed by atoms with Crippen LogP contribution in [0.4, 0.5) is 0 Å². The van der Waals surface area contributed by atoms with Crippen LogP contribution in [0.1, 0.15) is 37.7 Å². The number of hydrogen-bond donors (Lipinski definition) is 1. The third-order valence-corrected chi connectivity index (χ3v) is 5.65. The molecule has 1 N–H and O–H groups in total. The van der Waals surface area contributed by atoms with Crippen LogP contribution in [0.5, 0.6) is 5.75 Å². The molecule has 0 atom stereocenters. The SMILES string of the molecule is Oc1c(Cl)cc(Cl)cc1C=NCC1(N2CCOCC2)CCCCC1. The van der Waals surface area contributed by atoms with Crippen molar-refractivity contribution in [1.82, 2.24) is 4.90 Å². The molecule has 1 aromatic rings. The molecule has 1 aliphatic heterocycles. The topological polar surface area (TPSA) is 45.1 Å². The van der Waals surface area contributed by atoms with E-state index in [4.69, 9.17) is 27.9 Å². The molecule has 24 heavy (non-hydrogen) atoms. The van der Waals surface area contributed by atoms with Gasteiger partial charge in [0.25, 0.3) is 0 Å². The van der Waals surface area contributed by atoms with Crippen LogP contribution in [0.25, 0.3) is 0 Å². The first-order chi connectivity index (χ1) is 11.6. The Hall–Kier alpha value is -0.810. The van der Waals surface area contributed by atoms with E-state index in [1.807, 2.05) is 0 Å². The van der Waals surface area contributed by atoms with Crippen molar-refractivity contribution in [1.29, 1.82) is 0 Å². The molecule has 0 amide bonds. The standard InChI is InChI=1S/C18H24Cl2N2O2/c19-15-10-14(17(23)16(20)11-15)12-21-13-18(4-2-1-3-5-18)22-6-8-24-9-7-22/h10-12,23H,1-9,13H2. The third kappa shape index (κ3) is 4.05. The lowest BCUT2D eigenvalue weighted by molar-refractivity contribution is -0.0332. The Morgan fingerprint density at radius 3 is 2.58 bits per heavy atom. The smallest absolute Gasteiger partial charge is 0.143 e. The Morgan fingerprint density at radius 1 is 1.17 bits per heavy atom. The van der Waals surface area contributed by atoms with Gasteiger partial charge in [0.15, 0.2) is 0 Å². The fourth-order valence-electron chi connectivity index (χ4n) is 3.82. The average molecular weight is 371 g/mol. The average Bonchev–Trinajstić information content (AvgIpc) is 2.60. The number of ether oxygens (including phenoxy) is 1. The maximum atomic E-state index is 10.1. The van der Waals surface area contributed by atoms with Gasteiger partial charge in [0.05, 0.1) is 24.8 Å². The van der Waals surface area contributed by atoms with Crippen molar-refractivity contribution in [2.24, 2.45) is 4.99 Å². The van der Waals surface area contributed by atoms with Crippen molar-refractivity contribution in [3.05, 3.63) is 27.7 Å². The fraction of sp³-hybridized carbons (Fsp3) is 0.611. The Bertz CT molecular complexity index is 595. The molecule has 1 aliphatic carbocycles. The molecule has 6 heteroatoms. The van der Waals surface area contributed by atoms with Gasteiger partial charge < -0.3 is 9.84 Å². The number of nitrogens with zero attached hydrogens (tertiary/aromatic N) is 2. The summed E-state index contributed by atoms with van der Waals surface area (Å²) in [7, 11) is 0. The summed E-state index contributed by atoms with van der Waals surface area (Å²) in [5.74, 6) is 0.0360. The monoisotopic (exact) mass is 370 g/mol. The first-order valence-corrected chi connectivity index (χ1v) is 9.37. The van der Waals surface area contributed by atoms with Gasteiger partial charge in [0.2, 0.25) is 0 Å². The quantitative estimate of drug-likeness (QED) is 0.809. The predicted molar refractivity (Wildman–Crippen MR) is 98.8 cm³/mol. The van der Waals surface area contributed by atoms with Crippen molar-refractivity contribution in [3.8, 4) is 5.75 Å². The molecule has 0 bridgehead atoms. The van der Waals surface area contributed by atoms with Gasteiger partial charge in [-0.15, -0.1) is 0 Å². The summed E-state index contributed by atoms with van der Waals surface area (Å²) in [6, 6.07) is 3.22. The number of phenolic OH excluding ortho intramolecular Hbond substituents is 1. The number of aliphatic imine (C=N–C) groups is 1. The number of aromatic hydroxyl groups is 1. The minimum atomic E-state index is 0.0360. The van der Waals surface area contributed by atoms with Gasteiger partial charge >= 0.3 is 0 Å². The lowest BCUT2D eigenvalue weighted by Gasteiger charge is -2.47. The summed E-state index contributed by atoms with van der Waals surface area (Å²) in [6.45, 7) is 4.29. The van der Waals surface area contributed by atoms with Gasteiger partial charge in [-0.1, -0.05) is 42.5 Å². The van der Waals surface area contributed by atoms with Crippen molar-refractivity contribution in [2.75, 3.05) is 32.8 Å². The van der Waals surface area contributed by atoms with Crippen molar-refractivity contribution < 1.29 is 9.84 Å². The zero-order chi connectivity index (χ0) is 17.0. The van der Waals surface area contributed by atoms with Gasteiger partial charge in [0.1, 0.15) is 5.75 Å². The number of halogens is 2. The second-order valence-corrected chi connectivity index (χ2v) is 7.52. The van der Waals surface area contributed by atoms with Crippen molar-refractivity contribution in [2.45, 2.75) is 37.6 Å². The maximum absolute atomic E-state index is 10.1. The van der Waals surface area contributed by atoms with Gasteiger partial charge in [-0.25, -0.2) is 0 Å². The van der Waals surface area contributed by atoms with E-state index in [-0.39, 0.29) is 16.3 Å². The van der Waals surface area contributed by atoms with Crippen LogP contribution in [0.3, 0.4) is 0 Å². The molecule has 4 nitrogen and oxygen atoms in total. The highest BCUT2D eigenvalue weighted by Gasteiger charge is 2.38. The number of rotatable bonds is 4. The van der Waals surface area contributed by atoms with Crippen LogP contribution in [0, 0.1) is 0 Å². The molecule has 0 unspecified atom stereocenters. The minimum Gasteiger partial charge on any atom is -0.506 e. The lowest BCUT2D eigenvalue weighted by atomic mass is 9.80. The van der Waals surface area contributed by atoms with E-state index in [1.54, 1.807) is 12.3 Å². The molecule has 1 heterocycles. The summed E-state index contributed by atoms with van der Waals surface area (Å²) in [6.07, 6.45) is 7.85. The molecule has 2 fully saturated rings. The Kier molecular flexibility index (Phi) is 6.03. The summed E-state index contributed by atoms with van der Waals surface area (Å²) in [4.78, 5) is 7.22. The van der Waals surface area contributed by atoms with E-state index in [0.717, 1.165) is 32.8 Å². The Balaban J connectivity index is 1.76. The zero-order valence-corrected chi connectivity index (χ0v) is 15.3. The fourth-order valence-corrected chi connectivity index (χ4v) is 4.33. The molecule has 2 aliphatic rings. The van der Waals surface area contributed by atoms with Gasteiger partial charge in [-0.2, -0.15) is 0 Å². The Labute approximate surface area is 153 Å². The number of morpholine rings is 1. The molecule has 3 rings (SSSR count). The van der Waals surface area contributed by atoms with Crippen molar-refractivity contribution >= 4 is 29.4 Å². The highest BCUT2D eigenvalue weighted by atomic mass is 35.5. The van der Waals surface area contributed by atoms with Crippen LogP contribution in [0.2, 0.25) is 10.0 Å². The van der Waals surface area contributed by atoms with Crippen LogP contribution in [-0.2, 0) is 4.74 Å². The maximum Gasteiger partial charge on any atom is 0.143 e.